The summed E-state index contributed by atoms with van der Waals surface area (Å²) in [7, 11) is 0. The number of carbonyl (C=O) groups excluding carboxylic acids is 2. The number of anilines is 1. The molecule has 0 aliphatic carbocycles. The largest absolute Gasteiger partial charge is 0.508 e. The monoisotopic (exact) mass is 378 g/mol. The van der Waals surface area contributed by atoms with Crippen molar-refractivity contribution >= 4 is 29.5 Å². The summed E-state index contributed by atoms with van der Waals surface area (Å²) in [6.07, 6.45) is 7.65. The molecule has 6 nitrogen and oxygen atoms in total. The molecule has 1 fully saturated rings. The van der Waals surface area contributed by atoms with Crippen molar-refractivity contribution in [3.8, 4) is 5.75 Å². The van der Waals surface area contributed by atoms with Crippen molar-refractivity contribution in [3.05, 3.63) is 65.9 Å². The number of ether oxygens (including phenoxy) is 1. The van der Waals surface area contributed by atoms with Crippen molar-refractivity contribution in [1.82, 2.24) is 4.98 Å². The number of phenolic OH excluding ortho intramolecular Hbond substituents is 1. The minimum Gasteiger partial charge on any atom is -0.508 e. The van der Waals surface area contributed by atoms with Crippen LogP contribution in [0.4, 0.5) is 5.82 Å². The lowest BCUT2D eigenvalue weighted by atomic mass is 10.1. The number of ketones is 2. The van der Waals surface area contributed by atoms with Gasteiger partial charge in [0.1, 0.15) is 11.6 Å². The highest BCUT2D eigenvalue weighted by Gasteiger charge is 2.14. The topological polar surface area (TPSA) is 79.7 Å². The number of nitrogens with zero attached hydrogens (tertiary/aromatic N) is 2. The molecule has 0 amide bonds. The van der Waals surface area contributed by atoms with Crippen LogP contribution in [0.25, 0.3) is 12.2 Å². The van der Waals surface area contributed by atoms with Gasteiger partial charge in [-0.15, -0.1) is 0 Å². The molecule has 0 radical (unpaired) electrons. The van der Waals surface area contributed by atoms with Gasteiger partial charge in [0.25, 0.3) is 0 Å². The Hall–Kier alpha value is -3.25. The van der Waals surface area contributed by atoms with E-state index in [-0.39, 0.29) is 23.7 Å². The van der Waals surface area contributed by atoms with Gasteiger partial charge in [-0.05, 0) is 48.1 Å². The summed E-state index contributed by atoms with van der Waals surface area (Å²) in [5, 5.41) is 9.25. The standard InChI is InChI=1S/C22H22N2O4/c25-19-7-3-17(4-8-19)5-9-20(26)16-21(27)10-6-18-2-1-11-23-22(18)24-12-14-28-15-13-24/h1-11,25H,12-16H2/b9-5+,10-6+. The fourth-order valence-corrected chi connectivity index (χ4v) is 2.83. The van der Waals surface area contributed by atoms with Gasteiger partial charge in [-0.2, -0.15) is 0 Å². The lowest BCUT2D eigenvalue weighted by Crippen LogP contribution is -2.37. The van der Waals surface area contributed by atoms with Gasteiger partial charge in [0, 0.05) is 24.8 Å². The van der Waals surface area contributed by atoms with Gasteiger partial charge in [0.2, 0.25) is 0 Å². The van der Waals surface area contributed by atoms with E-state index in [0.717, 1.165) is 30.0 Å². The summed E-state index contributed by atoms with van der Waals surface area (Å²) in [4.78, 5) is 30.7. The summed E-state index contributed by atoms with van der Waals surface area (Å²) in [6.45, 7) is 2.82. The Bertz CT molecular complexity index is 882. The van der Waals surface area contributed by atoms with Crippen LogP contribution in [0.1, 0.15) is 17.5 Å². The first-order valence-electron chi connectivity index (χ1n) is 9.10. The van der Waals surface area contributed by atoms with Crippen molar-refractivity contribution in [2.75, 3.05) is 31.2 Å². The molecule has 0 saturated carbocycles. The smallest absolute Gasteiger partial charge is 0.163 e. The Labute approximate surface area is 163 Å². The molecule has 0 unspecified atom stereocenters. The highest BCUT2D eigenvalue weighted by atomic mass is 16.5. The van der Waals surface area contributed by atoms with Crippen LogP contribution in [0.2, 0.25) is 0 Å². The number of pyridine rings is 1. The van der Waals surface area contributed by atoms with Gasteiger partial charge >= 0.3 is 0 Å². The second-order valence-corrected chi connectivity index (χ2v) is 6.38. The fraction of sp³-hybridized carbons (Fsp3) is 0.227. The Morgan fingerprint density at radius 1 is 1.04 bits per heavy atom. The van der Waals surface area contributed by atoms with Crippen molar-refractivity contribution in [1.29, 1.82) is 0 Å². The Kier molecular flexibility index (Phi) is 6.70. The highest BCUT2D eigenvalue weighted by Crippen LogP contribution is 2.20. The molecule has 28 heavy (non-hydrogen) atoms. The summed E-state index contributed by atoms with van der Waals surface area (Å²) in [5.74, 6) is 0.434. The van der Waals surface area contributed by atoms with Gasteiger partial charge in [-0.1, -0.05) is 18.2 Å². The first kappa shape index (κ1) is 19.5. The van der Waals surface area contributed by atoms with Crippen LogP contribution in [-0.2, 0) is 14.3 Å². The third-order valence-electron chi connectivity index (χ3n) is 4.28. The normalized spacial score (nSPS) is 14.6. The van der Waals surface area contributed by atoms with Gasteiger partial charge in [0.15, 0.2) is 11.6 Å². The molecule has 6 heteroatoms. The average molecular weight is 378 g/mol. The van der Waals surface area contributed by atoms with Crippen LogP contribution in [0.5, 0.6) is 5.75 Å². The molecule has 1 aromatic heterocycles. The molecule has 2 aromatic rings. The lowest BCUT2D eigenvalue weighted by molar-refractivity contribution is -0.121. The van der Waals surface area contributed by atoms with Crippen LogP contribution in [-0.4, -0.2) is 48.0 Å². The minimum absolute atomic E-state index is 0.163. The number of hydrogen-bond donors (Lipinski definition) is 1. The maximum atomic E-state index is 12.1. The van der Waals surface area contributed by atoms with Gasteiger partial charge in [0.05, 0.1) is 19.6 Å². The molecule has 1 N–H and O–H groups in total. The first-order valence-corrected chi connectivity index (χ1v) is 9.10. The van der Waals surface area contributed by atoms with E-state index in [1.165, 1.54) is 24.3 Å². The van der Waals surface area contributed by atoms with E-state index in [1.54, 1.807) is 30.5 Å². The SMILES string of the molecule is O=C(/C=C/c1ccc(O)cc1)CC(=O)/C=C/c1cccnc1N1CCOCC1. The number of aromatic nitrogens is 1. The van der Waals surface area contributed by atoms with Crippen LogP contribution in [0.15, 0.2) is 54.7 Å². The molecule has 2 heterocycles. The predicted molar refractivity (Wildman–Crippen MR) is 108 cm³/mol. The maximum Gasteiger partial charge on any atom is 0.163 e. The number of morpholine rings is 1. The first-order chi connectivity index (χ1) is 13.6. The van der Waals surface area contributed by atoms with E-state index in [9.17, 15) is 14.7 Å². The van der Waals surface area contributed by atoms with Crippen molar-refractivity contribution in [2.45, 2.75) is 6.42 Å². The predicted octanol–water partition coefficient (Wildman–Crippen LogP) is 2.88. The average Bonchev–Trinajstić information content (AvgIpc) is 2.73. The van der Waals surface area contributed by atoms with Crippen LogP contribution in [0, 0.1) is 0 Å². The number of aromatic hydroxyl groups is 1. The van der Waals surface area contributed by atoms with Crippen LogP contribution < -0.4 is 4.90 Å². The van der Waals surface area contributed by atoms with E-state index in [1.807, 2.05) is 12.1 Å². The van der Waals surface area contributed by atoms with Gasteiger partial charge in [-0.3, -0.25) is 9.59 Å². The summed E-state index contributed by atoms with van der Waals surface area (Å²) < 4.78 is 5.37. The fourth-order valence-electron chi connectivity index (χ4n) is 2.83. The van der Waals surface area contributed by atoms with Crippen molar-refractivity contribution in [3.63, 3.8) is 0 Å². The maximum absolute atomic E-state index is 12.1. The van der Waals surface area contributed by atoms with E-state index >= 15 is 0 Å². The molecule has 1 saturated heterocycles. The zero-order valence-electron chi connectivity index (χ0n) is 15.5. The highest BCUT2D eigenvalue weighted by molar-refractivity contribution is 6.11. The molecule has 0 spiro atoms. The van der Waals surface area contributed by atoms with Gasteiger partial charge in [-0.25, -0.2) is 4.98 Å². The summed E-state index contributed by atoms with van der Waals surface area (Å²) in [5.41, 5.74) is 1.62. The molecule has 144 valence electrons. The quantitative estimate of drug-likeness (QED) is 0.590. The van der Waals surface area contributed by atoms with E-state index in [2.05, 4.69) is 9.88 Å². The van der Waals surface area contributed by atoms with E-state index in [4.69, 9.17) is 4.74 Å². The van der Waals surface area contributed by atoms with Gasteiger partial charge < -0.3 is 14.7 Å². The number of carbonyl (C=O) groups is 2. The molecule has 1 aliphatic heterocycles. The molecule has 0 atom stereocenters. The third-order valence-corrected chi connectivity index (χ3v) is 4.28. The van der Waals surface area contributed by atoms with Crippen LogP contribution >= 0.6 is 0 Å². The second kappa shape index (κ2) is 9.62. The number of rotatable bonds is 7. The third kappa shape index (κ3) is 5.62. The molecule has 3 rings (SSSR count). The van der Waals surface area contributed by atoms with E-state index in [0.29, 0.717) is 13.2 Å². The molecule has 1 aromatic carbocycles. The molecular weight excluding hydrogens is 356 g/mol. The molecule has 1 aliphatic rings. The number of phenols is 1. The number of allylic oxidation sites excluding steroid dienone is 2. The zero-order valence-corrected chi connectivity index (χ0v) is 15.5. The summed E-state index contributed by atoms with van der Waals surface area (Å²) in [6, 6.07) is 10.2. The molecular formula is C22H22N2O4. The minimum atomic E-state index is -0.276. The zero-order chi connectivity index (χ0) is 19.8. The second-order valence-electron chi connectivity index (χ2n) is 6.38. The van der Waals surface area contributed by atoms with E-state index < -0.39 is 0 Å². The Morgan fingerprint density at radius 3 is 2.43 bits per heavy atom. The number of hydrogen-bond acceptors (Lipinski definition) is 6. The molecule has 0 bridgehead atoms. The lowest BCUT2D eigenvalue weighted by Gasteiger charge is -2.28. The van der Waals surface area contributed by atoms with Crippen LogP contribution in [0.3, 0.4) is 0 Å². The Balaban J connectivity index is 1.59. The van der Waals surface area contributed by atoms with Crippen molar-refractivity contribution in [2.24, 2.45) is 0 Å². The van der Waals surface area contributed by atoms with Crippen molar-refractivity contribution < 1.29 is 19.4 Å². The Morgan fingerprint density at radius 2 is 1.71 bits per heavy atom. The number of benzene rings is 1. The summed E-state index contributed by atoms with van der Waals surface area (Å²) >= 11 is 0.